The summed E-state index contributed by atoms with van der Waals surface area (Å²) in [6.45, 7) is 12.6. The van der Waals surface area contributed by atoms with Crippen LogP contribution in [-0.4, -0.2) is 83.5 Å². The first-order valence-corrected chi connectivity index (χ1v) is 18.1. The second-order valence-corrected chi connectivity index (χ2v) is 13.8. The van der Waals surface area contributed by atoms with Gasteiger partial charge in [0.05, 0.1) is 18.1 Å². The van der Waals surface area contributed by atoms with Gasteiger partial charge >= 0.3 is 6.03 Å². The lowest BCUT2D eigenvalue weighted by Gasteiger charge is -2.37. The zero-order chi connectivity index (χ0) is 38.4. The van der Waals surface area contributed by atoms with Crippen molar-refractivity contribution in [3.63, 3.8) is 0 Å². The zero-order valence-corrected chi connectivity index (χ0v) is 31.9. The number of amides is 4. The van der Waals surface area contributed by atoms with E-state index in [1.165, 1.54) is 5.01 Å². The molecule has 3 aromatic carbocycles. The molecule has 0 spiro atoms. The molecule has 0 bridgehead atoms. The number of likely N-dealkylation sites (N-methyl/N-ethyl adjacent to an activating group) is 1. The number of carbonyl (C=O) groups is 3. The number of hydrogen-bond acceptors (Lipinski definition) is 8. The molecule has 2 unspecified atom stereocenters. The van der Waals surface area contributed by atoms with E-state index in [2.05, 4.69) is 21.0 Å². The zero-order valence-electron chi connectivity index (χ0n) is 31.9. The summed E-state index contributed by atoms with van der Waals surface area (Å²) in [7, 11) is 1.59. The molecule has 12 nitrogen and oxygen atoms in total. The van der Waals surface area contributed by atoms with Crippen LogP contribution in [0.3, 0.4) is 0 Å². The Kier molecular flexibility index (Phi) is 15.1. The molecule has 0 aliphatic rings. The van der Waals surface area contributed by atoms with Crippen LogP contribution in [0.25, 0.3) is 10.9 Å². The molecule has 3 N–H and O–H groups in total. The Hall–Kier alpha value is -5.04. The van der Waals surface area contributed by atoms with Gasteiger partial charge in [-0.25, -0.2) is 9.80 Å². The van der Waals surface area contributed by atoms with E-state index < -0.39 is 30.3 Å². The number of hydrazine groups is 1. The maximum atomic E-state index is 14.9. The van der Waals surface area contributed by atoms with Gasteiger partial charge in [0.25, 0.3) is 0 Å². The fraction of sp³-hybridized carbons (Fsp3) is 0.415. The first kappa shape index (κ1) is 40.7. The van der Waals surface area contributed by atoms with Crippen LogP contribution in [0.2, 0.25) is 0 Å². The Morgan fingerprint density at radius 3 is 2.19 bits per heavy atom. The second kappa shape index (κ2) is 19.7. The van der Waals surface area contributed by atoms with E-state index in [-0.39, 0.29) is 31.0 Å². The summed E-state index contributed by atoms with van der Waals surface area (Å²) in [5.41, 5.74) is 5.67. The smallest absolute Gasteiger partial charge is 0.329 e. The maximum Gasteiger partial charge on any atom is 0.329 e. The monoisotopic (exact) mass is 726 g/mol. The number of pyridine rings is 1. The maximum absolute atomic E-state index is 14.9. The number of rotatable bonds is 18. The average molecular weight is 727 g/mol. The Bertz CT molecular complexity index is 1750. The van der Waals surface area contributed by atoms with Gasteiger partial charge in [0, 0.05) is 51.4 Å². The summed E-state index contributed by atoms with van der Waals surface area (Å²) >= 11 is 0. The van der Waals surface area contributed by atoms with Crippen molar-refractivity contribution >= 4 is 28.7 Å². The summed E-state index contributed by atoms with van der Waals surface area (Å²) < 4.78 is 18.0. The molecule has 0 fully saturated rings. The molecule has 4 amide bonds. The molecule has 2 atom stereocenters. The van der Waals surface area contributed by atoms with Gasteiger partial charge in [-0.15, -0.1) is 0 Å². The topological polar surface area (TPSA) is 134 Å². The third-order valence-corrected chi connectivity index (χ3v) is 8.28. The van der Waals surface area contributed by atoms with Crippen molar-refractivity contribution < 1.29 is 28.6 Å². The van der Waals surface area contributed by atoms with Gasteiger partial charge in [-0.2, -0.15) is 0 Å². The van der Waals surface area contributed by atoms with Gasteiger partial charge in [0.2, 0.25) is 11.8 Å². The molecule has 0 saturated carbocycles. The summed E-state index contributed by atoms with van der Waals surface area (Å²) in [5, 5.41) is 8.07. The predicted octanol–water partition coefficient (Wildman–Crippen LogP) is 5.60. The third-order valence-electron chi connectivity index (χ3n) is 8.28. The standard InChI is InChI=1S/C41H54N6O6/c1-8-51-39(52-9-2)29(3)47(27-33-18-13-17-32-19-14-24-42-37(32)33)38(49)35(25-30-20-22-34(23-21-30)53-41(4,5)6)44-36(48)28-46(7)45-40(50)43-26-31-15-11-10-12-16-31/h10-24,29,35,39H,8-9,25-28H2,1-7H3,(H,44,48)(H2,43,45,50). The van der Waals surface area contributed by atoms with Crippen LogP contribution in [0.5, 0.6) is 5.75 Å². The molecule has 4 rings (SSSR count). The van der Waals surface area contributed by atoms with E-state index in [4.69, 9.17) is 14.2 Å². The summed E-state index contributed by atoms with van der Waals surface area (Å²) in [6, 6.07) is 24.8. The minimum atomic E-state index is -0.980. The Labute approximate surface area is 313 Å². The highest BCUT2D eigenvalue weighted by atomic mass is 16.7. The summed E-state index contributed by atoms with van der Waals surface area (Å²) in [4.78, 5) is 47.4. The van der Waals surface area contributed by atoms with Gasteiger partial charge in [0.15, 0.2) is 6.29 Å². The highest BCUT2D eigenvalue weighted by molar-refractivity contribution is 5.89. The van der Waals surface area contributed by atoms with E-state index in [0.29, 0.717) is 25.5 Å². The van der Waals surface area contributed by atoms with Crippen molar-refractivity contribution in [3.8, 4) is 5.75 Å². The number of urea groups is 1. The molecular weight excluding hydrogens is 672 g/mol. The van der Waals surface area contributed by atoms with E-state index >= 15 is 0 Å². The number of fused-ring (bicyclic) bond motifs is 1. The lowest BCUT2D eigenvalue weighted by atomic mass is 10.0. The molecule has 1 aromatic heterocycles. The van der Waals surface area contributed by atoms with Crippen LogP contribution in [0, 0.1) is 0 Å². The number of aromatic nitrogens is 1. The van der Waals surface area contributed by atoms with Gasteiger partial charge in [-0.3, -0.25) is 20.0 Å². The fourth-order valence-electron chi connectivity index (χ4n) is 5.87. The number of para-hydroxylation sites is 1. The minimum absolute atomic E-state index is 0.193. The normalized spacial score (nSPS) is 12.7. The van der Waals surface area contributed by atoms with Crippen molar-refractivity contribution in [3.05, 3.63) is 108 Å². The van der Waals surface area contributed by atoms with Gasteiger partial charge in [-0.1, -0.05) is 66.7 Å². The third kappa shape index (κ3) is 12.8. The van der Waals surface area contributed by atoms with Gasteiger partial charge < -0.3 is 29.7 Å². The number of carbonyl (C=O) groups excluding carboxylic acids is 3. The first-order valence-electron chi connectivity index (χ1n) is 18.1. The van der Waals surface area contributed by atoms with E-state index in [1.807, 2.05) is 126 Å². The summed E-state index contributed by atoms with van der Waals surface area (Å²) in [6.07, 6.45) is 1.21. The molecule has 0 aliphatic carbocycles. The lowest BCUT2D eigenvalue weighted by molar-refractivity contribution is -0.179. The van der Waals surface area contributed by atoms with Crippen LogP contribution in [0.15, 0.2) is 91.1 Å². The van der Waals surface area contributed by atoms with Crippen molar-refractivity contribution in [2.75, 3.05) is 26.8 Å². The number of benzene rings is 3. The molecule has 0 aliphatic heterocycles. The lowest BCUT2D eigenvalue weighted by Crippen LogP contribution is -2.56. The van der Waals surface area contributed by atoms with Gasteiger partial charge in [0.1, 0.15) is 17.4 Å². The van der Waals surface area contributed by atoms with Crippen molar-refractivity contribution in [2.45, 2.75) is 85.0 Å². The Balaban J connectivity index is 1.60. The molecule has 4 aromatic rings. The SMILES string of the molecule is CCOC(OCC)C(C)N(Cc1cccc2cccnc12)C(=O)C(Cc1ccc(OC(C)(C)C)cc1)NC(=O)CN(C)NC(=O)NCc1ccccc1. The van der Waals surface area contributed by atoms with E-state index in [9.17, 15) is 14.4 Å². The van der Waals surface area contributed by atoms with Crippen LogP contribution < -0.4 is 20.8 Å². The van der Waals surface area contributed by atoms with Gasteiger partial charge in [-0.05, 0) is 76.4 Å². The molecule has 12 heteroatoms. The van der Waals surface area contributed by atoms with E-state index in [0.717, 1.165) is 27.6 Å². The highest BCUT2D eigenvalue weighted by Gasteiger charge is 2.34. The molecule has 0 radical (unpaired) electrons. The Morgan fingerprint density at radius 2 is 1.53 bits per heavy atom. The number of hydrogen-bond donors (Lipinski definition) is 3. The second-order valence-electron chi connectivity index (χ2n) is 13.8. The van der Waals surface area contributed by atoms with E-state index in [1.54, 1.807) is 18.1 Å². The van der Waals surface area contributed by atoms with Crippen molar-refractivity contribution in [1.82, 2.24) is 31.0 Å². The largest absolute Gasteiger partial charge is 0.488 e. The van der Waals surface area contributed by atoms with Crippen LogP contribution in [0.4, 0.5) is 4.79 Å². The van der Waals surface area contributed by atoms with Crippen LogP contribution in [0.1, 0.15) is 58.2 Å². The number of nitrogens with zero attached hydrogens (tertiary/aromatic N) is 3. The summed E-state index contributed by atoms with van der Waals surface area (Å²) in [5.74, 6) is -0.0803. The Morgan fingerprint density at radius 1 is 0.849 bits per heavy atom. The quantitative estimate of drug-likeness (QED) is 0.0892. The number of ether oxygens (including phenoxy) is 3. The van der Waals surface area contributed by atoms with Crippen molar-refractivity contribution in [2.24, 2.45) is 0 Å². The molecule has 53 heavy (non-hydrogen) atoms. The fourth-order valence-corrected chi connectivity index (χ4v) is 5.87. The molecule has 284 valence electrons. The minimum Gasteiger partial charge on any atom is -0.488 e. The van der Waals surface area contributed by atoms with Crippen molar-refractivity contribution in [1.29, 1.82) is 0 Å². The number of nitrogens with one attached hydrogen (secondary N) is 3. The van der Waals surface area contributed by atoms with Crippen LogP contribution >= 0.6 is 0 Å². The molecule has 1 heterocycles. The first-order chi connectivity index (χ1) is 25.4. The predicted molar refractivity (Wildman–Crippen MR) is 206 cm³/mol. The molecular formula is C41H54N6O6. The molecule has 0 saturated heterocycles. The van der Waals surface area contributed by atoms with Crippen LogP contribution in [-0.2, 0) is 38.6 Å². The highest BCUT2D eigenvalue weighted by Crippen LogP contribution is 2.23. The average Bonchev–Trinajstić information content (AvgIpc) is 3.12.